The number of hydrogen-bond donors (Lipinski definition) is 1. The number of amides is 2. The predicted octanol–water partition coefficient (Wildman–Crippen LogP) is 0.721. The molecule has 1 aromatic heterocycles. The van der Waals surface area contributed by atoms with Crippen LogP contribution >= 0.6 is 0 Å². The van der Waals surface area contributed by atoms with Crippen LogP contribution in [0.25, 0.3) is 0 Å². The Morgan fingerprint density at radius 2 is 1.74 bits per heavy atom. The summed E-state index contributed by atoms with van der Waals surface area (Å²) in [6.07, 6.45) is 0.821. The van der Waals surface area contributed by atoms with Crippen LogP contribution < -0.4 is 0 Å². The number of aromatic nitrogens is 2. The highest BCUT2D eigenvalue weighted by molar-refractivity contribution is 5.96. The number of hydrogen-bond acceptors (Lipinski definition) is 3. The maximum absolute atomic E-state index is 12.5. The van der Waals surface area contributed by atoms with Gasteiger partial charge in [-0.3, -0.25) is 14.7 Å². The lowest BCUT2D eigenvalue weighted by Gasteiger charge is -2.21. The number of nitrogens with one attached hydrogen (secondary N) is 1. The highest BCUT2D eigenvalue weighted by Gasteiger charge is 2.24. The summed E-state index contributed by atoms with van der Waals surface area (Å²) >= 11 is 0. The molecule has 1 fully saturated rings. The molecule has 2 rings (SSSR count). The first-order valence-electron chi connectivity index (χ1n) is 6.57. The molecule has 0 saturated carbocycles. The minimum Gasteiger partial charge on any atom is -0.341 e. The van der Waals surface area contributed by atoms with Crippen molar-refractivity contribution < 1.29 is 9.59 Å². The van der Waals surface area contributed by atoms with Gasteiger partial charge in [0, 0.05) is 38.8 Å². The Labute approximate surface area is 112 Å². The van der Waals surface area contributed by atoms with Crippen molar-refractivity contribution in [1.29, 1.82) is 0 Å². The zero-order chi connectivity index (χ0) is 14.0. The van der Waals surface area contributed by atoms with Gasteiger partial charge in [0.25, 0.3) is 5.91 Å². The number of aromatic amines is 1. The number of rotatable bonds is 1. The Morgan fingerprint density at radius 3 is 2.32 bits per heavy atom. The molecule has 0 aliphatic carbocycles. The first-order valence-corrected chi connectivity index (χ1v) is 6.57. The molecule has 0 aromatic carbocycles. The maximum Gasteiger partial charge on any atom is 0.257 e. The van der Waals surface area contributed by atoms with Gasteiger partial charge in [0.15, 0.2) is 0 Å². The van der Waals surface area contributed by atoms with Crippen molar-refractivity contribution in [3.63, 3.8) is 0 Å². The topological polar surface area (TPSA) is 69.3 Å². The van der Waals surface area contributed by atoms with E-state index in [1.165, 1.54) is 0 Å². The molecule has 1 saturated heterocycles. The van der Waals surface area contributed by atoms with Crippen LogP contribution in [0.1, 0.15) is 35.1 Å². The molecule has 0 bridgehead atoms. The maximum atomic E-state index is 12.5. The summed E-state index contributed by atoms with van der Waals surface area (Å²) in [6.45, 7) is 7.86. The molecule has 0 spiro atoms. The van der Waals surface area contributed by atoms with Crippen LogP contribution in [0, 0.1) is 13.8 Å². The van der Waals surface area contributed by atoms with Crippen LogP contribution in [0.2, 0.25) is 0 Å². The summed E-state index contributed by atoms with van der Waals surface area (Å²) in [4.78, 5) is 27.5. The van der Waals surface area contributed by atoms with E-state index in [-0.39, 0.29) is 11.8 Å². The molecule has 1 aromatic rings. The van der Waals surface area contributed by atoms with E-state index in [1.807, 2.05) is 18.7 Å². The lowest BCUT2D eigenvalue weighted by molar-refractivity contribution is -0.128. The summed E-state index contributed by atoms with van der Waals surface area (Å²) in [5.41, 5.74) is 2.20. The molecule has 0 unspecified atom stereocenters. The van der Waals surface area contributed by atoms with Gasteiger partial charge in [0.05, 0.1) is 11.3 Å². The average Bonchev–Trinajstić information content (AvgIpc) is 2.58. The second-order valence-electron chi connectivity index (χ2n) is 4.96. The molecular weight excluding hydrogens is 244 g/mol. The number of H-pyrrole nitrogens is 1. The van der Waals surface area contributed by atoms with Crippen LogP contribution in [0.4, 0.5) is 0 Å². The second kappa shape index (κ2) is 5.42. The van der Waals surface area contributed by atoms with E-state index >= 15 is 0 Å². The molecule has 6 heteroatoms. The molecule has 2 heterocycles. The van der Waals surface area contributed by atoms with E-state index in [0.717, 1.165) is 24.4 Å². The second-order valence-corrected chi connectivity index (χ2v) is 4.96. The lowest BCUT2D eigenvalue weighted by Crippen LogP contribution is -2.36. The Hall–Kier alpha value is -1.85. The molecule has 19 heavy (non-hydrogen) atoms. The van der Waals surface area contributed by atoms with Gasteiger partial charge in [0.1, 0.15) is 0 Å². The Bertz CT molecular complexity index is 475. The summed E-state index contributed by atoms with van der Waals surface area (Å²) in [7, 11) is 0. The fourth-order valence-electron chi connectivity index (χ4n) is 2.46. The van der Waals surface area contributed by atoms with E-state index in [2.05, 4.69) is 10.2 Å². The molecule has 1 aliphatic rings. The monoisotopic (exact) mass is 264 g/mol. The Morgan fingerprint density at radius 1 is 1.11 bits per heavy atom. The van der Waals surface area contributed by atoms with E-state index < -0.39 is 0 Å². The molecule has 0 atom stereocenters. The Kier molecular flexibility index (Phi) is 3.87. The molecule has 1 N–H and O–H groups in total. The minimum absolute atomic E-state index is 0.00847. The first-order chi connectivity index (χ1) is 9.00. The fraction of sp³-hybridized carbons (Fsp3) is 0.615. The van der Waals surface area contributed by atoms with Crippen LogP contribution in [-0.2, 0) is 4.79 Å². The number of carbonyl (C=O) groups excluding carboxylic acids is 2. The van der Waals surface area contributed by atoms with Gasteiger partial charge in [-0.15, -0.1) is 0 Å². The van der Waals surface area contributed by atoms with Crippen LogP contribution in [0.15, 0.2) is 0 Å². The molecule has 2 amide bonds. The summed E-state index contributed by atoms with van der Waals surface area (Å²) in [6, 6.07) is 0. The predicted molar refractivity (Wildman–Crippen MR) is 70.8 cm³/mol. The van der Waals surface area contributed by atoms with Crippen molar-refractivity contribution >= 4 is 11.8 Å². The lowest BCUT2D eigenvalue weighted by atomic mass is 10.1. The van der Waals surface area contributed by atoms with E-state index in [1.54, 1.807) is 11.8 Å². The number of carbonyl (C=O) groups is 2. The van der Waals surface area contributed by atoms with Gasteiger partial charge >= 0.3 is 0 Å². The third-order valence-corrected chi connectivity index (χ3v) is 3.57. The SMILES string of the molecule is CC(=O)N1CCCN(C(=O)c2c(C)n[nH]c2C)CC1. The van der Waals surface area contributed by atoms with Gasteiger partial charge in [-0.1, -0.05) is 0 Å². The molecule has 104 valence electrons. The minimum atomic E-state index is 0.00847. The summed E-state index contributed by atoms with van der Waals surface area (Å²) in [5, 5.41) is 6.90. The van der Waals surface area contributed by atoms with Crippen molar-refractivity contribution in [1.82, 2.24) is 20.0 Å². The largest absolute Gasteiger partial charge is 0.341 e. The number of nitrogens with zero attached hydrogens (tertiary/aromatic N) is 3. The van der Waals surface area contributed by atoms with Gasteiger partial charge in [-0.2, -0.15) is 5.10 Å². The van der Waals surface area contributed by atoms with Crippen molar-refractivity contribution in [3.8, 4) is 0 Å². The van der Waals surface area contributed by atoms with Crippen molar-refractivity contribution in [3.05, 3.63) is 17.0 Å². The van der Waals surface area contributed by atoms with Gasteiger partial charge < -0.3 is 9.80 Å². The third-order valence-electron chi connectivity index (χ3n) is 3.57. The highest BCUT2D eigenvalue weighted by Crippen LogP contribution is 2.14. The molecule has 6 nitrogen and oxygen atoms in total. The third kappa shape index (κ3) is 2.77. The highest BCUT2D eigenvalue weighted by atomic mass is 16.2. The van der Waals surface area contributed by atoms with Crippen LogP contribution in [-0.4, -0.2) is 58.0 Å². The molecule has 0 radical (unpaired) electrons. The molecular formula is C13H20N4O2. The van der Waals surface area contributed by atoms with Gasteiger partial charge in [-0.25, -0.2) is 0 Å². The Balaban J connectivity index is 2.10. The summed E-state index contributed by atoms with van der Waals surface area (Å²) in [5.74, 6) is 0.0825. The standard InChI is InChI=1S/C13H20N4O2/c1-9-12(10(2)15-14-9)13(19)17-6-4-5-16(7-8-17)11(3)18/h4-8H2,1-3H3,(H,14,15). The van der Waals surface area contributed by atoms with Crippen molar-refractivity contribution in [2.75, 3.05) is 26.2 Å². The zero-order valence-electron chi connectivity index (χ0n) is 11.7. The van der Waals surface area contributed by atoms with Crippen LogP contribution in [0.5, 0.6) is 0 Å². The van der Waals surface area contributed by atoms with Crippen molar-refractivity contribution in [2.24, 2.45) is 0 Å². The summed E-state index contributed by atoms with van der Waals surface area (Å²) < 4.78 is 0. The zero-order valence-corrected chi connectivity index (χ0v) is 11.7. The van der Waals surface area contributed by atoms with Crippen LogP contribution in [0.3, 0.4) is 0 Å². The van der Waals surface area contributed by atoms with Gasteiger partial charge in [0.2, 0.25) is 5.91 Å². The van der Waals surface area contributed by atoms with E-state index in [0.29, 0.717) is 25.2 Å². The quantitative estimate of drug-likeness (QED) is 0.812. The molecule has 1 aliphatic heterocycles. The van der Waals surface area contributed by atoms with Gasteiger partial charge in [-0.05, 0) is 20.3 Å². The average molecular weight is 264 g/mol. The van der Waals surface area contributed by atoms with E-state index in [4.69, 9.17) is 0 Å². The van der Waals surface area contributed by atoms with E-state index in [9.17, 15) is 9.59 Å². The first kappa shape index (κ1) is 13.6. The fourth-order valence-corrected chi connectivity index (χ4v) is 2.46. The normalized spacial score (nSPS) is 16.4. The number of aryl methyl sites for hydroxylation is 2. The smallest absolute Gasteiger partial charge is 0.257 e. The van der Waals surface area contributed by atoms with Crippen molar-refractivity contribution in [2.45, 2.75) is 27.2 Å².